The number of methoxy groups -OCH3 is 1. The largest absolute Gasteiger partial charge is 0.383 e. The zero-order valence-corrected chi connectivity index (χ0v) is 21.4. The lowest BCUT2D eigenvalue weighted by Crippen LogP contribution is -2.35. The summed E-state index contributed by atoms with van der Waals surface area (Å²) in [6.45, 7) is 7.83. The molecule has 184 valence electrons. The number of carbonyl (C=O) groups excluding carboxylic acids is 1. The number of nitrogens with one attached hydrogen (secondary N) is 2. The first-order valence-electron chi connectivity index (χ1n) is 11.2. The third-order valence-corrected chi connectivity index (χ3v) is 6.68. The molecule has 3 rings (SSSR count). The van der Waals surface area contributed by atoms with Crippen LogP contribution in [0.15, 0.2) is 76.7 Å². The molecular formula is C27H31N3O4S. The molecule has 0 saturated heterocycles. The lowest BCUT2D eigenvalue weighted by molar-refractivity contribution is 0.0905. The minimum absolute atomic E-state index is 0.125. The second-order valence-electron chi connectivity index (χ2n) is 8.60. The predicted octanol–water partition coefficient (Wildman–Crippen LogP) is 4.44. The molecule has 0 aliphatic carbocycles. The van der Waals surface area contributed by atoms with Crippen LogP contribution in [0, 0.1) is 13.8 Å². The van der Waals surface area contributed by atoms with E-state index < -0.39 is 10.0 Å². The van der Waals surface area contributed by atoms with E-state index in [1.54, 1.807) is 32.2 Å². The number of ether oxygens (including phenoxy) is 1. The highest BCUT2D eigenvalue weighted by Crippen LogP contribution is 2.24. The van der Waals surface area contributed by atoms with Gasteiger partial charge in [0.2, 0.25) is 0 Å². The molecule has 1 amide bonds. The molecule has 7 nitrogen and oxygen atoms in total. The normalized spacial score (nSPS) is 12.8. The van der Waals surface area contributed by atoms with Gasteiger partial charge < -0.3 is 10.1 Å². The number of benzene rings is 3. The van der Waals surface area contributed by atoms with Gasteiger partial charge in [-0.2, -0.15) is 18.4 Å². The van der Waals surface area contributed by atoms with Crippen molar-refractivity contribution < 1.29 is 17.9 Å². The summed E-state index contributed by atoms with van der Waals surface area (Å²) in [5.41, 5.74) is 5.33. The summed E-state index contributed by atoms with van der Waals surface area (Å²) >= 11 is 0. The Labute approximate surface area is 207 Å². The molecule has 0 bridgehead atoms. The number of nitrogens with zero attached hydrogens (tertiary/aromatic N) is 1. The molecule has 3 aromatic rings. The predicted molar refractivity (Wildman–Crippen MR) is 139 cm³/mol. The SMILES string of the molecule is COCC(C)NC(=O)c1cc(/C(C)=N/NS(=O)(=O)c2ccc(C)cc2)cc(-c2ccc(C)cc2)c1. The Kier molecular flexibility index (Phi) is 8.43. The van der Waals surface area contributed by atoms with Crippen LogP contribution in [0.4, 0.5) is 0 Å². The van der Waals surface area contributed by atoms with Gasteiger partial charge in [0.25, 0.3) is 15.9 Å². The molecule has 8 heteroatoms. The van der Waals surface area contributed by atoms with Crippen LogP contribution in [0.1, 0.15) is 40.9 Å². The van der Waals surface area contributed by atoms with Crippen LogP contribution in [0.5, 0.6) is 0 Å². The van der Waals surface area contributed by atoms with E-state index in [0.717, 1.165) is 22.3 Å². The van der Waals surface area contributed by atoms with Crippen LogP contribution in [-0.2, 0) is 14.8 Å². The van der Waals surface area contributed by atoms with Crippen molar-refractivity contribution in [1.29, 1.82) is 0 Å². The number of aryl methyl sites for hydroxylation is 2. The molecule has 0 heterocycles. The number of hydrogen-bond donors (Lipinski definition) is 2. The van der Waals surface area contributed by atoms with Crippen LogP contribution in [0.3, 0.4) is 0 Å². The topological polar surface area (TPSA) is 96.9 Å². The van der Waals surface area contributed by atoms with Crippen LogP contribution in [0.25, 0.3) is 11.1 Å². The Balaban J connectivity index is 1.97. The Hall–Kier alpha value is -3.49. The third-order valence-electron chi connectivity index (χ3n) is 5.46. The molecule has 0 aliphatic rings. The second kappa shape index (κ2) is 11.3. The first-order valence-corrected chi connectivity index (χ1v) is 12.7. The van der Waals surface area contributed by atoms with Crippen molar-refractivity contribution in [2.24, 2.45) is 5.10 Å². The van der Waals surface area contributed by atoms with Gasteiger partial charge in [0.15, 0.2) is 0 Å². The van der Waals surface area contributed by atoms with Gasteiger partial charge in [-0.3, -0.25) is 4.79 Å². The van der Waals surface area contributed by atoms with E-state index in [1.165, 1.54) is 12.1 Å². The molecule has 1 atom stereocenters. The molecule has 0 spiro atoms. The van der Waals surface area contributed by atoms with Crippen molar-refractivity contribution in [3.63, 3.8) is 0 Å². The highest BCUT2D eigenvalue weighted by molar-refractivity contribution is 7.89. The van der Waals surface area contributed by atoms with Gasteiger partial charge in [0.1, 0.15) is 0 Å². The van der Waals surface area contributed by atoms with Crippen LogP contribution >= 0.6 is 0 Å². The van der Waals surface area contributed by atoms with Crippen molar-refractivity contribution in [2.45, 2.75) is 38.6 Å². The maximum Gasteiger partial charge on any atom is 0.276 e. The fraction of sp³-hybridized carbons (Fsp3) is 0.259. The molecule has 0 radical (unpaired) electrons. The average molecular weight is 494 g/mol. The van der Waals surface area contributed by atoms with Gasteiger partial charge in [-0.15, -0.1) is 0 Å². The van der Waals surface area contributed by atoms with Gasteiger partial charge in [-0.05, 0) is 74.7 Å². The van der Waals surface area contributed by atoms with Crippen LogP contribution in [0.2, 0.25) is 0 Å². The molecule has 2 N–H and O–H groups in total. The monoisotopic (exact) mass is 493 g/mol. The summed E-state index contributed by atoms with van der Waals surface area (Å²) < 4.78 is 30.4. The van der Waals surface area contributed by atoms with E-state index in [0.29, 0.717) is 23.4 Å². The van der Waals surface area contributed by atoms with Gasteiger partial charge in [-0.1, -0.05) is 47.5 Å². The maximum absolute atomic E-state index is 13.0. The maximum atomic E-state index is 13.0. The summed E-state index contributed by atoms with van der Waals surface area (Å²) in [4.78, 5) is 15.4. The number of rotatable bonds is 9. The Morgan fingerprint density at radius 3 is 2.09 bits per heavy atom. The first-order chi connectivity index (χ1) is 16.6. The van der Waals surface area contributed by atoms with Crippen molar-refractivity contribution in [3.8, 4) is 11.1 Å². The fourth-order valence-corrected chi connectivity index (χ4v) is 4.30. The average Bonchev–Trinajstić information content (AvgIpc) is 2.83. The fourth-order valence-electron chi connectivity index (χ4n) is 3.44. The lowest BCUT2D eigenvalue weighted by atomic mass is 9.97. The van der Waals surface area contributed by atoms with Crippen LogP contribution < -0.4 is 10.1 Å². The highest BCUT2D eigenvalue weighted by Gasteiger charge is 2.16. The molecule has 3 aromatic carbocycles. The summed E-state index contributed by atoms with van der Waals surface area (Å²) in [5.74, 6) is -0.252. The molecule has 0 aromatic heterocycles. The van der Waals surface area contributed by atoms with E-state index in [2.05, 4.69) is 15.2 Å². The van der Waals surface area contributed by atoms with E-state index in [-0.39, 0.29) is 16.8 Å². The zero-order valence-electron chi connectivity index (χ0n) is 20.6. The first kappa shape index (κ1) is 26.1. The summed E-state index contributed by atoms with van der Waals surface area (Å²) in [5, 5.41) is 7.05. The minimum atomic E-state index is -3.83. The Morgan fingerprint density at radius 1 is 0.914 bits per heavy atom. The molecule has 35 heavy (non-hydrogen) atoms. The van der Waals surface area contributed by atoms with Gasteiger partial charge >= 0.3 is 0 Å². The number of hydrogen-bond acceptors (Lipinski definition) is 5. The van der Waals surface area contributed by atoms with Gasteiger partial charge in [-0.25, -0.2) is 0 Å². The van der Waals surface area contributed by atoms with E-state index in [9.17, 15) is 13.2 Å². The highest BCUT2D eigenvalue weighted by atomic mass is 32.2. The van der Waals surface area contributed by atoms with E-state index in [1.807, 2.05) is 57.2 Å². The summed E-state index contributed by atoms with van der Waals surface area (Å²) in [6, 6.07) is 19.7. The third kappa shape index (κ3) is 7.00. The summed E-state index contributed by atoms with van der Waals surface area (Å²) in [6.07, 6.45) is 0. The minimum Gasteiger partial charge on any atom is -0.383 e. The van der Waals surface area contributed by atoms with Crippen molar-refractivity contribution in [1.82, 2.24) is 10.1 Å². The van der Waals surface area contributed by atoms with Crippen molar-refractivity contribution in [3.05, 3.63) is 89.0 Å². The van der Waals surface area contributed by atoms with Crippen molar-refractivity contribution >= 4 is 21.6 Å². The quantitative estimate of drug-likeness (QED) is 0.340. The molecule has 0 aliphatic heterocycles. The number of hydrazone groups is 1. The van der Waals surface area contributed by atoms with E-state index >= 15 is 0 Å². The Morgan fingerprint density at radius 2 is 1.49 bits per heavy atom. The number of sulfonamides is 1. The Bertz CT molecular complexity index is 1320. The lowest BCUT2D eigenvalue weighted by Gasteiger charge is -2.15. The van der Waals surface area contributed by atoms with Gasteiger partial charge in [0, 0.05) is 18.7 Å². The van der Waals surface area contributed by atoms with E-state index in [4.69, 9.17) is 4.74 Å². The smallest absolute Gasteiger partial charge is 0.276 e. The molecule has 0 saturated carbocycles. The number of amides is 1. The van der Waals surface area contributed by atoms with Crippen LogP contribution in [-0.4, -0.2) is 39.8 Å². The molecule has 1 unspecified atom stereocenters. The second-order valence-corrected chi connectivity index (χ2v) is 10.3. The molecule has 0 fully saturated rings. The standard InChI is InChI=1S/C27H31N3O4S/c1-18-6-10-22(11-7-18)24-14-23(15-25(16-24)27(31)28-20(3)17-34-5)21(4)29-30-35(32,33)26-12-8-19(2)9-13-26/h6-16,20,30H,17H2,1-5H3,(H,28,31)/b29-21+. The zero-order chi connectivity index (χ0) is 25.6. The summed E-state index contributed by atoms with van der Waals surface area (Å²) in [7, 11) is -2.25. The van der Waals surface area contributed by atoms with Gasteiger partial charge in [0.05, 0.1) is 17.2 Å². The number of carbonyl (C=O) groups is 1. The molecular weight excluding hydrogens is 462 g/mol. The van der Waals surface area contributed by atoms with Crippen molar-refractivity contribution in [2.75, 3.05) is 13.7 Å².